The van der Waals surface area contributed by atoms with E-state index in [0.29, 0.717) is 0 Å². The number of rotatable bonds is 4. The van der Waals surface area contributed by atoms with E-state index in [1.54, 1.807) is 11.3 Å². The molecule has 1 N–H and O–H groups in total. The summed E-state index contributed by atoms with van der Waals surface area (Å²) >= 11 is 1.70. The summed E-state index contributed by atoms with van der Waals surface area (Å²) in [5.74, 6) is 0. The zero-order valence-corrected chi connectivity index (χ0v) is 11.7. The normalized spacial score (nSPS) is 12.2. The van der Waals surface area contributed by atoms with Crippen molar-refractivity contribution >= 4 is 22.1 Å². The summed E-state index contributed by atoms with van der Waals surface area (Å²) < 4.78 is 0. The van der Waals surface area contributed by atoms with E-state index in [1.165, 1.54) is 15.6 Å². The molecule has 0 aliphatic carbocycles. The van der Waals surface area contributed by atoms with Crippen LogP contribution in [0.2, 0.25) is 0 Å². The fraction of sp³-hybridized carbons (Fsp3) is 0.118. The number of nitriles is 1. The van der Waals surface area contributed by atoms with Crippen LogP contribution in [0.4, 0.5) is 0 Å². The predicted molar refractivity (Wildman–Crippen MR) is 83.5 cm³/mol. The van der Waals surface area contributed by atoms with Gasteiger partial charge in [0.15, 0.2) is 0 Å². The highest BCUT2D eigenvalue weighted by atomic mass is 32.1. The summed E-state index contributed by atoms with van der Waals surface area (Å²) in [6.07, 6.45) is 0. The number of benzene rings is 2. The molecular formula is C17H14N2S. The highest BCUT2D eigenvalue weighted by Gasteiger charge is 2.10. The summed E-state index contributed by atoms with van der Waals surface area (Å²) in [6.45, 7) is 0.725. The monoisotopic (exact) mass is 278 g/mol. The molecule has 3 rings (SSSR count). The summed E-state index contributed by atoms with van der Waals surface area (Å²) in [4.78, 5) is 1.24. The van der Waals surface area contributed by atoms with Gasteiger partial charge in [0.1, 0.15) is 6.04 Å². The smallest absolute Gasteiger partial charge is 0.121 e. The maximum absolute atomic E-state index is 9.37. The molecule has 0 aliphatic heterocycles. The molecule has 1 heterocycles. The van der Waals surface area contributed by atoms with Crippen LogP contribution >= 0.6 is 11.3 Å². The number of fused-ring (bicyclic) bond motifs is 1. The summed E-state index contributed by atoms with van der Waals surface area (Å²) in [5, 5.41) is 17.1. The average molecular weight is 278 g/mol. The van der Waals surface area contributed by atoms with Gasteiger partial charge in [0.05, 0.1) is 6.07 Å². The topological polar surface area (TPSA) is 35.8 Å². The first-order valence-corrected chi connectivity index (χ1v) is 7.39. The van der Waals surface area contributed by atoms with Crippen LogP contribution in [-0.2, 0) is 6.54 Å². The van der Waals surface area contributed by atoms with Gasteiger partial charge in [-0.1, -0.05) is 42.5 Å². The molecule has 0 amide bonds. The molecule has 0 radical (unpaired) electrons. The Morgan fingerprint density at radius 2 is 1.90 bits per heavy atom. The molecule has 1 unspecified atom stereocenters. The Bertz CT molecular complexity index is 741. The molecule has 0 spiro atoms. The predicted octanol–water partition coefficient (Wildman–Crippen LogP) is 4.26. The fourth-order valence-electron chi connectivity index (χ4n) is 2.24. The number of hydrogen-bond donors (Lipinski definition) is 1. The first kappa shape index (κ1) is 12.9. The lowest BCUT2D eigenvalue weighted by atomic mass is 10.0. The Balaban J connectivity index is 1.82. The number of nitrogens with one attached hydrogen (secondary N) is 1. The minimum absolute atomic E-state index is 0.276. The minimum atomic E-state index is -0.276. The Labute approximate surface area is 122 Å². The van der Waals surface area contributed by atoms with Crippen LogP contribution in [0, 0.1) is 11.3 Å². The van der Waals surface area contributed by atoms with E-state index in [9.17, 15) is 5.26 Å². The van der Waals surface area contributed by atoms with E-state index >= 15 is 0 Å². The minimum Gasteiger partial charge on any atom is -0.293 e. The lowest BCUT2D eigenvalue weighted by Crippen LogP contribution is -2.18. The molecule has 0 aliphatic rings. The van der Waals surface area contributed by atoms with Gasteiger partial charge in [0.2, 0.25) is 0 Å². The lowest BCUT2D eigenvalue weighted by molar-refractivity contribution is 0.636. The van der Waals surface area contributed by atoms with Crippen LogP contribution in [0.25, 0.3) is 10.8 Å². The van der Waals surface area contributed by atoms with Crippen LogP contribution < -0.4 is 5.32 Å². The lowest BCUT2D eigenvalue weighted by Gasteiger charge is -2.12. The second-order valence-electron chi connectivity index (χ2n) is 4.63. The van der Waals surface area contributed by atoms with Gasteiger partial charge in [0, 0.05) is 11.4 Å². The summed E-state index contributed by atoms with van der Waals surface area (Å²) in [5.41, 5.74) is 1.02. The standard InChI is InChI=1S/C17H14N2S/c18-11-17(19-12-16-6-3-9-20-16)15-8-7-13-4-1-2-5-14(13)10-15/h1-10,17,19H,12H2. The van der Waals surface area contributed by atoms with Crippen molar-refractivity contribution < 1.29 is 0 Å². The van der Waals surface area contributed by atoms with Crippen molar-refractivity contribution in [2.75, 3.05) is 0 Å². The van der Waals surface area contributed by atoms with Crippen LogP contribution in [0.3, 0.4) is 0 Å². The SMILES string of the molecule is N#CC(NCc1cccs1)c1ccc2ccccc2c1. The van der Waals surface area contributed by atoms with E-state index in [1.807, 2.05) is 24.3 Å². The van der Waals surface area contributed by atoms with Gasteiger partial charge in [-0.15, -0.1) is 11.3 Å². The fourth-order valence-corrected chi connectivity index (χ4v) is 2.90. The quantitative estimate of drug-likeness (QED) is 0.774. The molecule has 0 fully saturated rings. The van der Waals surface area contributed by atoms with Gasteiger partial charge in [-0.05, 0) is 33.8 Å². The van der Waals surface area contributed by atoms with Crippen LogP contribution in [-0.4, -0.2) is 0 Å². The second-order valence-corrected chi connectivity index (χ2v) is 5.66. The first-order chi connectivity index (χ1) is 9.86. The molecule has 2 aromatic carbocycles. The van der Waals surface area contributed by atoms with Crippen molar-refractivity contribution in [2.45, 2.75) is 12.6 Å². The molecule has 3 heteroatoms. The molecule has 0 saturated carbocycles. The number of hydrogen-bond acceptors (Lipinski definition) is 3. The van der Waals surface area contributed by atoms with Crippen LogP contribution in [0.15, 0.2) is 60.0 Å². The Morgan fingerprint density at radius 1 is 1.05 bits per heavy atom. The largest absolute Gasteiger partial charge is 0.293 e. The van der Waals surface area contributed by atoms with Crippen molar-refractivity contribution in [1.29, 1.82) is 5.26 Å². The third-order valence-electron chi connectivity index (χ3n) is 3.30. The van der Waals surface area contributed by atoms with Crippen molar-refractivity contribution in [3.63, 3.8) is 0 Å². The Morgan fingerprint density at radius 3 is 2.65 bits per heavy atom. The van der Waals surface area contributed by atoms with Gasteiger partial charge < -0.3 is 0 Å². The molecule has 0 bridgehead atoms. The first-order valence-electron chi connectivity index (χ1n) is 6.51. The van der Waals surface area contributed by atoms with Crippen molar-refractivity contribution in [1.82, 2.24) is 5.32 Å². The molecule has 98 valence electrons. The zero-order valence-electron chi connectivity index (χ0n) is 10.9. The zero-order chi connectivity index (χ0) is 13.8. The van der Waals surface area contributed by atoms with Crippen LogP contribution in [0.5, 0.6) is 0 Å². The molecule has 1 atom stereocenters. The third-order valence-corrected chi connectivity index (χ3v) is 4.17. The Hall–Kier alpha value is -2.15. The van der Waals surface area contributed by atoms with Gasteiger partial charge >= 0.3 is 0 Å². The van der Waals surface area contributed by atoms with Gasteiger partial charge in [-0.2, -0.15) is 5.26 Å². The van der Waals surface area contributed by atoms with Gasteiger partial charge in [0.25, 0.3) is 0 Å². The molecule has 3 aromatic rings. The molecule has 1 aromatic heterocycles. The van der Waals surface area contributed by atoms with Gasteiger partial charge in [-0.3, -0.25) is 5.32 Å². The molecule has 2 nitrogen and oxygen atoms in total. The highest BCUT2D eigenvalue weighted by molar-refractivity contribution is 7.09. The van der Waals surface area contributed by atoms with Crippen LogP contribution in [0.1, 0.15) is 16.5 Å². The number of thiophene rings is 1. The molecular weight excluding hydrogens is 264 g/mol. The maximum Gasteiger partial charge on any atom is 0.121 e. The van der Waals surface area contributed by atoms with Gasteiger partial charge in [-0.25, -0.2) is 0 Å². The summed E-state index contributed by atoms with van der Waals surface area (Å²) in [6, 6.07) is 20.6. The molecule has 20 heavy (non-hydrogen) atoms. The highest BCUT2D eigenvalue weighted by Crippen LogP contribution is 2.21. The number of nitrogens with zero attached hydrogens (tertiary/aromatic N) is 1. The van der Waals surface area contributed by atoms with E-state index in [2.05, 4.69) is 47.1 Å². The summed E-state index contributed by atoms with van der Waals surface area (Å²) in [7, 11) is 0. The third kappa shape index (κ3) is 2.72. The maximum atomic E-state index is 9.37. The Kier molecular flexibility index (Phi) is 3.78. The van der Waals surface area contributed by atoms with E-state index in [4.69, 9.17) is 0 Å². The average Bonchev–Trinajstić information content (AvgIpc) is 3.01. The van der Waals surface area contributed by atoms with Crippen molar-refractivity contribution in [3.8, 4) is 6.07 Å². The van der Waals surface area contributed by atoms with E-state index < -0.39 is 0 Å². The van der Waals surface area contributed by atoms with Crippen molar-refractivity contribution in [2.24, 2.45) is 0 Å². The molecule has 0 saturated heterocycles. The van der Waals surface area contributed by atoms with Crippen molar-refractivity contribution in [3.05, 3.63) is 70.4 Å². The van der Waals surface area contributed by atoms with E-state index in [0.717, 1.165) is 12.1 Å². The van der Waals surface area contributed by atoms with E-state index in [-0.39, 0.29) is 6.04 Å². The second kappa shape index (κ2) is 5.87.